The highest BCUT2D eigenvalue weighted by Crippen LogP contribution is 2.08. The van der Waals surface area contributed by atoms with Gasteiger partial charge in [0, 0.05) is 26.3 Å². The molecule has 0 heterocycles. The van der Waals surface area contributed by atoms with E-state index in [1.54, 1.807) is 11.9 Å². The largest absolute Gasteiger partial charge is 0.344 e. The Kier molecular flexibility index (Phi) is 5.89. The first kappa shape index (κ1) is 15.6. The monoisotopic (exact) mass is 280 g/mol. The van der Waals surface area contributed by atoms with Gasteiger partial charge < -0.3 is 10.2 Å². The number of carbonyl (C=O) groups excluding carboxylic acids is 2. The SMILES string of the molecule is CC(=O)NC(CS)C(=O)N(C)Cc1cccc(C)c1. The van der Waals surface area contributed by atoms with Gasteiger partial charge >= 0.3 is 0 Å². The minimum atomic E-state index is -0.573. The minimum absolute atomic E-state index is 0.133. The fraction of sp³-hybridized carbons (Fsp3) is 0.429. The molecule has 0 aliphatic rings. The van der Waals surface area contributed by atoms with E-state index in [2.05, 4.69) is 17.9 Å². The number of carbonyl (C=O) groups is 2. The van der Waals surface area contributed by atoms with Crippen LogP contribution in [0.3, 0.4) is 0 Å². The van der Waals surface area contributed by atoms with Gasteiger partial charge in [-0.3, -0.25) is 9.59 Å². The summed E-state index contributed by atoms with van der Waals surface area (Å²) in [5.41, 5.74) is 2.22. The quantitative estimate of drug-likeness (QED) is 0.801. The lowest BCUT2D eigenvalue weighted by molar-refractivity contribution is -0.134. The van der Waals surface area contributed by atoms with Crippen molar-refractivity contribution in [3.05, 3.63) is 35.4 Å². The van der Waals surface area contributed by atoms with Gasteiger partial charge in [0.25, 0.3) is 0 Å². The number of hydrogen-bond donors (Lipinski definition) is 2. The predicted octanol–water partition coefficient (Wildman–Crippen LogP) is 1.39. The number of rotatable bonds is 5. The van der Waals surface area contributed by atoms with Gasteiger partial charge in [-0.25, -0.2) is 0 Å². The average molecular weight is 280 g/mol. The molecule has 0 aliphatic carbocycles. The zero-order valence-electron chi connectivity index (χ0n) is 11.5. The van der Waals surface area contributed by atoms with Crippen molar-refractivity contribution in [1.82, 2.24) is 10.2 Å². The van der Waals surface area contributed by atoms with E-state index in [9.17, 15) is 9.59 Å². The Bertz CT molecular complexity index is 463. The lowest BCUT2D eigenvalue weighted by Gasteiger charge is -2.23. The van der Waals surface area contributed by atoms with Crippen LogP contribution in [-0.4, -0.2) is 35.6 Å². The molecule has 0 bridgehead atoms. The molecule has 0 aromatic heterocycles. The summed E-state index contributed by atoms with van der Waals surface area (Å²) in [6.07, 6.45) is 0. The molecule has 1 N–H and O–H groups in total. The number of likely N-dealkylation sites (N-methyl/N-ethyl adjacent to an activating group) is 1. The fourth-order valence-electron chi connectivity index (χ4n) is 1.86. The highest BCUT2D eigenvalue weighted by Gasteiger charge is 2.21. The summed E-state index contributed by atoms with van der Waals surface area (Å²) in [4.78, 5) is 24.8. The molecule has 0 spiro atoms. The summed E-state index contributed by atoms with van der Waals surface area (Å²) in [6, 6.07) is 7.42. The molecule has 0 radical (unpaired) electrons. The van der Waals surface area contributed by atoms with Crippen LogP contribution in [0.15, 0.2) is 24.3 Å². The van der Waals surface area contributed by atoms with Crippen molar-refractivity contribution in [3.8, 4) is 0 Å². The number of nitrogens with zero attached hydrogens (tertiary/aromatic N) is 1. The summed E-state index contributed by atoms with van der Waals surface area (Å²) < 4.78 is 0. The van der Waals surface area contributed by atoms with Crippen molar-refractivity contribution in [3.63, 3.8) is 0 Å². The van der Waals surface area contributed by atoms with E-state index in [0.717, 1.165) is 11.1 Å². The summed E-state index contributed by atoms with van der Waals surface area (Å²) in [6.45, 7) is 3.92. The Morgan fingerprint density at radius 2 is 2.11 bits per heavy atom. The smallest absolute Gasteiger partial charge is 0.246 e. The van der Waals surface area contributed by atoms with Crippen LogP contribution in [0.2, 0.25) is 0 Å². The van der Waals surface area contributed by atoms with Crippen LogP contribution in [0, 0.1) is 6.92 Å². The molecule has 2 amide bonds. The van der Waals surface area contributed by atoms with Gasteiger partial charge in [-0.2, -0.15) is 12.6 Å². The number of nitrogens with one attached hydrogen (secondary N) is 1. The van der Waals surface area contributed by atoms with Crippen molar-refractivity contribution >= 4 is 24.4 Å². The second kappa shape index (κ2) is 7.19. The standard InChI is InChI=1S/C14H20N2O2S/c1-10-5-4-6-12(7-10)8-16(3)14(18)13(9-19)15-11(2)17/h4-7,13,19H,8-9H2,1-3H3,(H,15,17). The van der Waals surface area contributed by atoms with E-state index in [1.165, 1.54) is 6.92 Å². The third kappa shape index (κ3) is 4.95. The molecule has 104 valence electrons. The fourth-order valence-corrected chi connectivity index (χ4v) is 2.11. The van der Waals surface area contributed by atoms with E-state index >= 15 is 0 Å². The van der Waals surface area contributed by atoms with Crippen LogP contribution >= 0.6 is 12.6 Å². The third-order valence-electron chi connectivity index (χ3n) is 2.74. The summed E-state index contributed by atoms with van der Waals surface area (Å²) in [5.74, 6) is -0.0700. The molecule has 1 aromatic rings. The van der Waals surface area contributed by atoms with E-state index in [1.807, 2.05) is 31.2 Å². The van der Waals surface area contributed by atoms with Gasteiger partial charge in [0.05, 0.1) is 0 Å². The van der Waals surface area contributed by atoms with Gasteiger partial charge in [-0.1, -0.05) is 29.8 Å². The van der Waals surface area contributed by atoms with Crippen LogP contribution in [0.1, 0.15) is 18.1 Å². The Morgan fingerprint density at radius 3 is 2.63 bits per heavy atom. The second-order valence-corrected chi connectivity index (χ2v) is 4.98. The zero-order chi connectivity index (χ0) is 14.4. The first-order valence-electron chi connectivity index (χ1n) is 6.12. The molecule has 4 nitrogen and oxygen atoms in total. The van der Waals surface area contributed by atoms with Gasteiger partial charge in [0.2, 0.25) is 11.8 Å². The minimum Gasteiger partial charge on any atom is -0.344 e. The van der Waals surface area contributed by atoms with Crippen LogP contribution in [0.5, 0.6) is 0 Å². The van der Waals surface area contributed by atoms with Gasteiger partial charge in [-0.15, -0.1) is 0 Å². The summed E-state index contributed by atoms with van der Waals surface area (Å²) in [5, 5.41) is 2.60. The topological polar surface area (TPSA) is 49.4 Å². The maximum Gasteiger partial charge on any atom is 0.246 e. The molecule has 0 aliphatic heterocycles. The average Bonchev–Trinajstić information content (AvgIpc) is 2.34. The molecule has 1 atom stereocenters. The van der Waals surface area contributed by atoms with Crippen molar-refractivity contribution < 1.29 is 9.59 Å². The van der Waals surface area contributed by atoms with Gasteiger partial charge in [0.1, 0.15) is 6.04 Å². The maximum absolute atomic E-state index is 12.2. The van der Waals surface area contributed by atoms with E-state index in [4.69, 9.17) is 0 Å². The Labute approximate surface area is 119 Å². The molecule has 1 rings (SSSR count). The number of amides is 2. The van der Waals surface area contributed by atoms with E-state index in [-0.39, 0.29) is 17.6 Å². The third-order valence-corrected chi connectivity index (χ3v) is 3.10. The first-order chi connectivity index (χ1) is 8.93. The Morgan fingerprint density at radius 1 is 1.42 bits per heavy atom. The van der Waals surface area contributed by atoms with E-state index in [0.29, 0.717) is 6.54 Å². The van der Waals surface area contributed by atoms with Crippen molar-refractivity contribution in [2.75, 3.05) is 12.8 Å². The van der Waals surface area contributed by atoms with Crippen LogP contribution in [0.25, 0.3) is 0 Å². The number of thiol groups is 1. The van der Waals surface area contributed by atoms with Gasteiger partial charge in [-0.05, 0) is 12.5 Å². The number of hydrogen-bond acceptors (Lipinski definition) is 3. The summed E-state index contributed by atoms with van der Waals surface area (Å²) in [7, 11) is 1.73. The highest BCUT2D eigenvalue weighted by atomic mass is 32.1. The Balaban J connectivity index is 2.68. The zero-order valence-corrected chi connectivity index (χ0v) is 12.4. The summed E-state index contributed by atoms with van der Waals surface area (Å²) >= 11 is 4.10. The van der Waals surface area contributed by atoms with Crippen LogP contribution in [-0.2, 0) is 16.1 Å². The molecule has 19 heavy (non-hydrogen) atoms. The normalized spacial score (nSPS) is 11.8. The van der Waals surface area contributed by atoms with Crippen molar-refractivity contribution in [2.45, 2.75) is 26.4 Å². The number of aryl methyl sites for hydroxylation is 1. The second-order valence-electron chi connectivity index (χ2n) is 4.62. The molecule has 0 saturated carbocycles. The molecule has 0 saturated heterocycles. The lowest BCUT2D eigenvalue weighted by atomic mass is 10.1. The first-order valence-corrected chi connectivity index (χ1v) is 6.75. The van der Waals surface area contributed by atoms with Crippen LogP contribution in [0.4, 0.5) is 0 Å². The lowest BCUT2D eigenvalue weighted by Crippen LogP contribution is -2.47. The highest BCUT2D eigenvalue weighted by molar-refractivity contribution is 7.80. The maximum atomic E-state index is 12.2. The Hall–Kier alpha value is -1.49. The van der Waals surface area contributed by atoms with Gasteiger partial charge in [0.15, 0.2) is 0 Å². The van der Waals surface area contributed by atoms with Crippen LogP contribution < -0.4 is 5.32 Å². The molecular weight excluding hydrogens is 260 g/mol. The van der Waals surface area contributed by atoms with Crippen molar-refractivity contribution in [1.29, 1.82) is 0 Å². The number of benzene rings is 1. The predicted molar refractivity (Wildman–Crippen MR) is 79.1 cm³/mol. The molecule has 5 heteroatoms. The molecule has 1 unspecified atom stereocenters. The molecule has 1 aromatic carbocycles. The van der Waals surface area contributed by atoms with Crippen molar-refractivity contribution in [2.24, 2.45) is 0 Å². The molecule has 0 fully saturated rings. The van der Waals surface area contributed by atoms with E-state index < -0.39 is 6.04 Å². The molecular formula is C14H20N2O2S.